The summed E-state index contributed by atoms with van der Waals surface area (Å²) in [6.07, 6.45) is 1.45. The van der Waals surface area contributed by atoms with Gasteiger partial charge >= 0.3 is 0 Å². The van der Waals surface area contributed by atoms with Crippen LogP contribution in [0.1, 0.15) is 18.1 Å². The Kier molecular flexibility index (Phi) is 7.80. The lowest BCUT2D eigenvalue weighted by atomic mass is 10.1. The minimum absolute atomic E-state index is 0.00664. The largest absolute Gasteiger partial charge is 0.490 e. The maximum Gasteiger partial charge on any atom is 0.270 e. The van der Waals surface area contributed by atoms with Crippen LogP contribution in [0.3, 0.4) is 0 Å². The molecule has 1 aliphatic rings. The molecule has 0 spiro atoms. The molecule has 1 N–H and O–H groups in total. The topological polar surface area (TPSA) is 111 Å². The lowest BCUT2D eigenvalue weighted by molar-refractivity contribution is -0.384. The van der Waals surface area contributed by atoms with Crippen molar-refractivity contribution in [2.45, 2.75) is 13.5 Å². The number of nitrogens with one attached hydrogen (secondary N) is 1. The molecule has 11 heteroatoms. The molecule has 0 aromatic heterocycles. The highest BCUT2D eigenvalue weighted by Gasteiger charge is 2.34. The number of nitrogens with zero attached hydrogens (tertiary/aromatic N) is 2. The van der Waals surface area contributed by atoms with E-state index in [1.54, 1.807) is 54.6 Å². The zero-order valence-corrected chi connectivity index (χ0v) is 21.0. The molecule has 1 heterocycles. The minimum Gasteiger partial charge on any atom is -0.490 e. The number of nitro groups is 1. The van der Waals surface area contributed by atoms with E-state index in [4.69, 9.17) is 33.3 Å². The summed E-state index contributed by atoms with van der Waals surface area (Å²) < 4.78 is 11.6. The lowest BCUT2D eigenvalue weighted by Crippen LogP contribution is -2.54. The van der Waals surface area contributed by atoms with Crippen molar-refractivity contribution in [3.63, 3.8) is 0 Å². The monoisotopic (exact) mass is 537 g/mol. The van der Waals surface area contributed by atoms with Crippen molar-refractivity contribution in [2.24, 2.45) is 0 Å². The Balaban J connectivity index is 1.57. The molecule has 9 nitrogen and oxygen atoms in total. The summed E-state index contributed by atoms with van der Waals surface area (Å²) in [6, 6.07) is 17.5. The molecule has 0 radical (unpaired) electrons. The Morgan fingerprint density at radius 3 is 2.38 bits per heavy atom. The fourth-order valence-corrected chi connectivity index (χ4v) is 3.93. The highest BCUT2D eigenvalue weighted by atomic mass is 35.5. The first kappa shape index (κ1) is 25.8. The second-order valence-corrected chi connectivity index (χ2v) is 8.61. The first-order valence-corrected chi connectivity index (χ1v) is 11.9. The number of thiocarbonyl (C=S) groups is 1. The smallest absolute Gasteiger partial charge is 0.270 e. The Bertz CT molecular complexity index is 1410. The number of nitro benzene ring substituents is 1. The third kappa shape index (κ3) is 5.93. The van der Waals surface area contributed by atoms with E-state index in [9.17, 15) is 19.7 Å². The Morgan fingerprint density at radius 2 is 1.73 bits per heavy atom. The van der Waals surface area contributed by atoms with E-state index < -0.39 is 16.7 Å². The van der Waals surface area contributed by atoms with Gasteiger partial charge in [-0.3, -0.25) is 29.9 Å². The zero-order chi connectivity index (χ0) is 26.5. The molecule has 1 saturated heterocycles. The van der Waals surface area contributed by atoms with Crippen molar-refractivity contribution in [2.75, 3.05) is 11.5 Å². The normalized spacial score (nSPS) is 14.5. The lowest BCUT2D eigenvalue weighted by Gasteiger charge is -2.29. The number of rotatable bonds is 8. The van der Waals surface area contributed by atoms with Crippen molar-refractivity contribution < 1.29 is 24.0 Å². The molecule has 0 atom stereocenters. The molecule has 188 valence electrons. The van der Waals surface area contributed by atoms with Gasteiger partial charge < -0.3 is 9.47 Å². The van der Waals surface area contributed by atoms with E-state index >= 15 is 0 Å². The van der Waals surface area contributed by atoms with Crippen LogP contribution in [0.2, 0.25) is 5.02 Å². The van der Waals surface area contributed by atoms with E-state index in [0.717, 1.165) is 5.56 Å². The van der Waals surface area contributed by atoms with Crippen LogP contribution in [-0.4, -0.2) is 28.5 Å². The Hall–Kier alpha value is -4.28. The van der Waals surface area contributed by atoms with Gasteiger partial charge in [-0.15, -0.1) is 0 Å². The predicted octanol–water partition coefficient (Wildman–Crippen LogP) is 5.06. The number of anilines is 1. The van der Waals surface area contributed by atoms with Gasteiger partial charge in [-0.2, -0.15) is 0 Å². The molecule has 0 aliphatic carbocycles. The molecular weight excluding hydrogens is 518 g/mol. The number of carbonyl (C=O) groups is 2. The molecular formula is C26H20ClN3O6S. The highest BCUT2D eigenvalue weighted by molar-refractivity contribution is 7.80. The van der Waals surface area contributed by atoms with E-state index in [1.165, 1.54) is 23.1 Å². The van der Waals surface area contributed by atoms with Crippen molar-refractivity contribution in [3.05, 3.63) is 98.6 Å². The average molecular weight is 538 g/mol. The fraction of sp³-hybridized carbons (Fsp3) is 0.115. The molecule has 1 fully saturated rings. The van der Waals surface area contributed by atoms with Gasteiger partial charge in [-0.1, -0.05) is 17.7 Å². The van der Waals surface area contributed by atoms with Crippen molar-refractivity contribution >= 4 is 58.2 Å². The quantitative estimate of drug-likeness (QED) is 0.141. The second kappa shape index (κ2) is 11.2. The van der Waals surface area contributed by atoms with Crippen molar-refractivity contribution in [1.29, 1.82) is 0 Å². The number of hydrogen-bond donors (Lipinski definition) is 1. The molecule has 1 aliphatic heterocycles. The van der Waals surface area contributed by atoms with Crippen LogP contribution in [0.25, 0.3) is 6.08 Å². The van der Waals surface area contributed by atoms with Crippen LogP contribution >= 0.6 is 23.8 Å². The predicted molar refractivity (Wildman–Crippen MR) is 143 cm³/mol. The Morgan fingerprint density at radius 1 is 1.03 bits per heavy atom. The highest BCUT2D eigenvalue weighted by Crippen LogP contribution is 2.31. The molecule has 0 unspecified atom stereocenters. The van der Waals surface area contributed by atoms with Crippen molar-refractivity contribution in [1.82, 2.24) is 5.32 Å². The molecule has 0 bridgehead atoms. The number of carbonyl (C=O) groups excluding carboxylic acids is 2. The third-order valence-electron chi connectivity index (χ3n) is 5.31. The van der Waals surface area contributed by atoms with Gasteiger partial charge in [0.15, 0.2) is 16.6 Å². The summed E-state index contributed by atoms with van der Waals surface area (Å²) in [7, 11) is 0. The van der Waals surface area contributed by atoms with E-state index in [-0.39, 0.29) is 23.0 Å². The summed E-state index contributed by atoms with van der Waals surface area (Å²) in [4.78, 5) is 37.4. The SMILES string of the molecule is CCOc1cc(C=C2C(=O)NC(=S)N(c3ccc(Cl)cc3)C2=O)ccc1OCc1ccc([N+](=O)[O-])cc1. The van der Waals surface area contributed by atoms with Crippen LogP contribution in [0.15, 0.2) is 72.3 Å². The molecule has 3 aromatic carbocycles. The molecule has 4 rings (SSSR count). The number of hydrogen-bond acceptors (Lipinski definition) is 7. The van der Waals surface area contributed by atoms with Crippen LogP contribution in [0.4, 0.5) is 11.4 Å². The van der Waals surface area contributed by atoms with Gasteiger partial charge in [0.1, 0.15) is 12.2 Å². The van der Waals surface area contributed by atoms with Crippen molar-refractivity contribution in [3.8, 4) is 11.5 Å². The average Bonchev–Trinajstić information content (AvgIpc) is 2.87. The molecule has 2 amide bonds. The van der Waals surface area contributed by atoms with Gasteiger partial charge in [0.05, 0.1) is 17.2 Å². The number of ether oxygens (including phenoxy) is 2. The summed E-state index contributed by atoms with van der Waals surface area (Å²) in [5.74, 6) is -0.345. The fourth-order valence-electron chi connectivity index (χ4n) is 3.53. The van der Waals surface area contributed by atoms with E-state index in [1.807, 2.05) is 6.92 Å². The zero-order valence-electron chi connectivity index (χ0n) is 19.5. The Labute approximate surface area is 222 Å². The van der Waals surface area contributed by atoms with Crippen LogP contribution in [-0.2, 0) is 16.2 Å². The van der Waals surface area contributed by atoms with Crippen LogP contribution < -0.4 is 19.7 Å². The molecule has 3 aromatic rings. The van der Waals surface area contributed by atoms with Crippen LogP contribution in [0, 0.1) is 10.1 Å². The van der Waals surface area contributed by atoms with Crippen LogP contribution in [0.5, 0.6) is 11.5 Å². The second-order valence-electron chi connectivity index (χ2n) is 7.79. The first-order chi connectivity index (χ1) is 17.8. The number of benzene rings is 3. The maximum atomic E-state index is 13.2. The van der Waals surface area contributed by atoms with Gasteiger partial charge in [0.25, 0.3) is 17.5 Å². The first-order valence-electron chi connectivity index (χ1n) is 11.1. The van der Waals surface area contributed by atoms with E-state index in [0.29, 0.717) is 34.4 Å². The summed E-state index contributed by atoms with van der Waals surface area (Å²) in [5, 5.41) is 13.8. The van der Waals surface area contributed by atoms with E-state index in [2.05, 4.69) is 5.32 Å². The third-order valence-corrected chi connectivity index (χ3v) is 5.84. The number of halogens is 1. The van der Waals surface area contributed by atoms with Gasteiger partial charge in [-0.25, -0.2) is 0 Å². The minimum atomic E-state index is -0.614. The number of non-ortho nitro benzene ring substituents is 1. The summed E-state index contributed by atoms with van der Waals surface area (Å²) in [6.45, 7) is 2.33. The standard InChI is InChI=1S/C26H20ClN3O6S/c1-2-35-23-14-17(5-12-22(23)36-15-16-3-8-20(9-4-16)30(33)34)13-21-24(31)28-26(37)29(25(21)32)19-10-6-18(27)7-11-19/h3-14H,2,15H2,1H3,(H,28,31,37). The molecule has 37 heavy (non-hydrogen) atoms. The summed E-state index contributed by atoms with van der Waals surface area (Å²) >= 11 is 11.2. The van der Waals surface area contributed by atoms with Gasteiger partial charge in [0.2, 0.25) is 0 Å². The van der Waals surface area contributed by atoms with Gasteiger partial charge in [-0.05, 0) is 84.9 Å². The summed E-state index contributed by atoms with van der Waals surface area (Å²) in [5.41, 5.74) is 1.63. The maximum absolute atomic E-state index is 13.2. The molecule has 0 saturated carbocycles. The number of amides is 2. The van der Waals surface area contributed by atoms with Gasteiger partial charge in [0, 0.05) is 17.2 Å².